The largest absolute Gasteiger partial charge is 0.479 e. The highest BCUT2D eigenvalue weighted by molar-refractivity contribution is 5.81. The summed E-state index contributed by atoms with van der Waals surface area (Å²) < 4.78 is 5.52. The molecule has 4 heteroatoms. The fourth-order valence-electron chi connectivity index (χ4n) is 1.29. The van der Waals surface area contributed by atoms with E-state index < -0.39 is 6.10 Å². The highest BCUT2D eigenvalue weighted by Gasteiger charge is 2.16. The molecule has 0 radical (unpaired) electrons. The number of carbonyl (C=O) groups is 1. The van der Waals surface area contributed by atoms with Crippen LogP contribution in [0.3, 0.4) is 0 Å². The van der Waals surface area contributed by atoms with Crippen molar-refractivity contribution >= 4 is 11.6 Å². The second kappa shape index (κ2) is 6.13. The minimum absolute atomic E-state index is 0.123. The van der Waals surface area contributed by atoms with E-state index in [4.69, 9.17) is 10.5 Å². The number of amides is 1. The zero-order valence-corrected chi connectivity index (χ0v) is 10.6. The molecule has 2 atom stereocenters. The van der Waals surface area contributed by atoms with E-state index in [0.29, 0.717) is 11.4 Å². The zero-order chi connectivity index (χ0) is 12.8. The summed E-state index contributed by atoms with van der Waals surface area (Å²) in [7, 11) is 0. The molecule has 4 nitrogen and oxygen atoms in total. The van der Waals surface area contributed by atoms with E-state index in [2.05, 4.69) is 5.32 Å². The predicted molar refractivity (Wildman–Crippen MR) is 68.8 cm³/mol. The van der Waals surface area contributed by atoms with Crippen LogP contribution in [-0.4, -0.2) is 18.1 Å². The van der Waals surface area contributed by atoms with Crippen molar-refractivity contribution in [1.29, 1.82) is 0 Å². The van der Waals surface area contributed by atoms with Crippen LogP contribution >= 0.6 is 0 Å². The lowest BCUT2D eigenvalue weighted by Gasteiger charge is -2.18. The number of nitrogens with one attached hydrogen (secondary N) is 1. The van der Waals surface area contributed by atoms with Crippen molar-refractivity contribution in [3.8, 4) is 5.75 Å². The van der Waals surface area contributed by atoms with Crippen LogP contribution in [0, 0.1) is 0 Å². The quantitative estimate of drug-likeness (QED) is 0.768. The minimum atomic E-state index is -0.548. The average molecular weight is 236 g/mol. The van der Waals surface area contributed by atoms with Crippen molar-refractivity contribution in [3.63, 3.8) is 0 Å². The Morgan fingerprint density at radius 1 is 1.41 bits per heavy atom. The van der Waals surface area contributed by atoms with E-state index in [1.54, 1.807) is 19.1 Å². The number of carbonyl (C=O) groups excluding carboxylic acids is 1. The van der Waals surface area contributed by atoms with Gasteiger partial charge in [-0.15, -0.1) is 0 Å². The Morgan fingerprint density at radius 3 is 2.65 bits per heavy atom. The second-order valence-corrected chi connectivity index (χ2v) is 4.12. The molecular formula is C13H20N2O2. The normalized spacial score (nSPS) is 13.8. The molecule has 94 valence electrons. The summed E-state index contributed by atoms with van der Waals surface area (Å²) in [5.74, 6) is 0.418. The lowest BCUT2D eigenvalue weighted by molar-refractivity contribution is -0.127. The molecule has 0 saturated heterocycles. The van der Waals surface area contributed by atoms with Crippen molar-refractivity contribution in [3.05, 3.63) is 24.3 Å². The monoisotopic (exact) mass is 236 g/mol. The van der Waals surface area contributed by atoms with Crippen molar-refractivity contribution in [1.82, 2.24) is 5.32 Å². The summed E-state index contributed by atoms with van der Waals surface area (Å²) in [4.78, 5) is 11.8. The van der Waals surface area contributed by atoms with Crippen molar-refractivity contribution in [2.24, 2.45) is 0 Å². The first-order valence-electron chi connectivity index (χ1n) is 5.86. The molecule has 3 N–H and O–H groups in total. The van der Waals surface area contributed by atoms with Gasteiger partial charge in [0.1, 0.15) is 5.75 Å². The molecule has 0 aliphatic rings. The number of anilines is 1. The first-order chi connectivity index (χ1) is 8.04. The first-order valence-corrected chi connectivity index (χ1v) is 5.86. The SMILES string of the molecule is CCC(C)NC(=O)C(C)Oc1ccccc1N. The first kappa shape index (κ1) is 13.4. The Bertz CT molecular complexity index is 379. The van der Waals surface area contributed by atoms with Gasteiger partial charge in [-0.3, -0.25) is 4.79 Å². The van der Waals surface area contributed by atoms with Crippen LogP contribution in [0.5, 0.6) is 5.75 Å². The zero-order valence-electron chi connectivity index (χ0n) is 10.6. The van der Waals surface area contributed by atoms with Crippen LogP contribution in [0.1, 0.15) is 27.2 Å². The molecular weight excluding hydrogens is 216 g/mol. The van der Waals surface area contributed by atoms with Crippen LogP contribution in [0.15, 0.2) is 24.3 Å². The standard InChI is InChI=1S/C13H20N2O2/c1-4-9(2)15-13(16)10(3)17-12-8-6-5-7-11(12)14/h5-10H,4,14H2,1-3H3,(H,15,16). The molecule has 2 unspecified atom stereocenters. The van der Waals surface area contributed by atoms with Gasteiger partial charge in [-0.25, -0.2) is 0 Å². The lowest BCUT2D eigenvalue weighted by Crippen LogP contribution is -2.41. The van der Waals surface area contributed by atoms with Gasteiger partial charge in [0, 0.05) is 6.04 Å². The number of ether oxygens (including phenoxy) is 1. The van der Waals surface area contributed by atoms with Crippen molar-refractivity contribution < 1.29 is 9.53 Å². The maximum Gasteiger partial charge on any atom is 0.260 e. The minimum Gasteiger partial charge on any atom is -0.479 e. The smallest absolute Gasteiger partial charge is 0.260 e. The average Bonchev–Trinajstić information content (AvgIpc) is 2.31. The Labute approximate surface area is 102 Å². The molecule has 0 saturated carbocycles. The number of rotatable bonds is 5. The topological polar surface area (TPSA) is 64.3 Å². The third kappa shape index (κ3) is 3.98. The molecule has 0 aromatic heterocycles. The third-order valence-electron chi connectivity index (χ3n) is 2.59. The van der Waals surface area contributed by atoms with E-state index >= 15 is 0 Å². The maximum atomic E-state index is 11.8. The van der Waals surface area contributed by atoms with E-state index in [-0.39, 0.29) is 11.9 Å². The molecule has 17 heavy (non-hydrogen) atoms. The maximum absolute atomic E-state index is 11.8. The summed E-state index contributed by atoms with van der Waals surface area (Å²) in [5.41, 5.74) is 6.28. The van der Waals surface area contributed by atoms with E-state index in [1.807, 2.05) is 26.0 Å². The van der Waals surface area contributed by atoms with Gasteiger partial charge >= 0.3 is 0 Å². The fraction of sp³-hybridized carbons (Fsp3) is 0.462. The molecule has 1 rings (SSSR count). The van der Waals surface area contributed by atoms with Gasteiger partial charge in [0.2, 0.25) is 0 Å². The van der Waals surface area contributed by atoms with Crippen molar-refractivity contribution in [2.45, 2.75) is 39.3 Å². The van der Waals surface area contributed by atoms with Crippen LogP contribution in [0.2, 0.25) is 0 Å². The summed E-state index contributed by atoms with van der Waals surface area (Å²) in [6, 6.07) is 7.30. The molecule has 0 fully saturated rings. The molecule has 0 heterocycles. The molecule has 0 aliphatic heterocycles. The molecule has 1 aromatic carbocycles. The summed E-state index contributed by atoms with van der Waals surface area (Å²) in [5, 5.41) is 2.86. The van der Waals surface area contributed by atoms with Gasteiger partial charge in [0.05, 0.1) is 5.69 Å². The predicted octanol–water partition coefficient (Wildman–Crippen LogP) is 1.95. The fourth-order valence-corrected chi connectivity index (χ4v) is 1.29. The van der Waals surface area contributed by atoms with Crippen molar-refractivity contribution in [2.75, 3.05) is 5.73 Å². The van der Waals surface area contributed by atoms with E-state index in [9.17, 15) is 4.79 Å². The van der Waals surface area contributed by atoms with Gasteiger partial charge in [-0.1, -0.05) is 19.1 Å². The number of hydrogen-bond donors (Lipinski definition) is 2. The van der Waals surface area contributed by atoms with Crippen LogP contribution in [0.25, 0.3) is 0 Å². The van der Waals surface area contributed by atoms with Gasteiger partial charge in [-0.05, 0) is 32.4 Å². The Hall–Kier alpha value is -1.71. The molecule has 0 spiro atoms. The second-order valence-electron chi connectivity index (χ2n) is 4.12. The summed E-state index contributed by atoms with van der Waals surface area (Å²) >= 11 is 0. The highest BCUT2D eigenvalue weighted by atomic mass is 16.5. The molecule has 1 aromatic rings. The Morgan fingerprint density at radius 2 is 2.06 bits per heavy atom. The Kier molecular flexibility index (Phi) is 4.82. The van der Waals surface area contributed by atoms with E-state index in [1.165, 1.54) is 0 Å². The van der Waals surface area contributed by atoms with Gasteiger partial charge in [0.25, 0.3) is 5.91 Å². The highest BCUT2D eigenvalue weighted by Crippen LogP contribution is 2.21. The van der Waals surface area contributed by atoms with E-state index in [0.717, 1.165) is 6.42 Å². The third-order valence-corrected chi connectivity index (χ3v) is 2.59. The number of nitrogen functional groups attached to an aromatic ring is 1. The molecule has 0 aliphatic carbocycles. The number of hydrogen-bond acceptors (Lipinski definition) is 3. The van der Waals surface area contributed by atoms with Crippen LogP contribution in [-0.2, 0) is 4.79 Å². The number of nitrogens with two attached hydrogens (primary N) is 1. The number of benzene rings is 1. The van der Waals surface area contributed by atoms with Crippen LogP contribution in [0.4, 0.5) is 5.69 Å². The van der Waals surface area contributed by atoms with Gasteiger partial charge < -0.3 is 15.8 Å². The number of para-hydroxylation sites is 2. The summed E-state index contributed by atoms with van der Waals surface area (Å²) in [6.07, 6.45) is 0.347. The summed E-state index contributed by atoms with van der Waals surface area (Å²) in [6.45, 7) is 5.69. The molecule has 0 bridgehead atoms. The van der Waals surface area contributed by atoms with Gasteiger partial charge in [0.15, 0.2) is 6.10 Å². The lowest BCUT2D eigenvalue weighted by atomic mass is 10.2. The van der Waals surface area contributed by atoms with Gasteiger partial charge in [-0.2, -0.15) is 0 Å². The molecule has 1 amide bonds. The van der Waals surface area contributed by atoms with Crippen LogP contribution < -0.4 is 15.8 Å². The Balaban J connectivity index is 2.57.